The third-order valence-corrected chi connectivity index (χ3v) is 4.08. The van der Waals surface area contributed by atoms with E-state index in [1.165, 1.54) is 19.1 Å². The van der Waals surface area contributed by atoms with Gasteiger partial charge >= 0.3 is 0 Å². The van der Waals surface area contributed by atoms with Gasteiger partial charge in [-0.25, -0.2) is 4.39 Å². The van der Waals surface area contributed by atoms with E-state index in [2.05, 4.69) is 5.32 Å². The van der Waals surface area contributed by atoms with Gasteiger partial charge in [-0.1, -0.05) is 6.07 Å². The quantitative estimate of drug-likeness (QED) is 0.830. The van der Waals surface area contributed by atoms with Gasteiger partial charge in [0.15, 0.2) is 12.4 Å². The number of thiophene rings is 1. The standard InChI is InChI=1S/C16H16FNO3S/c1-10(15-4-3-7-22-15)18-16(20)9-21-14-6-5-12(17)8-13(14)11(2)19/h3-8,10H,9H2,1-2H3,(H,18,20). The first-order chi connectivity index (χ1) is 10.5. The number of nitrogens with one attached hydrogen (secondary N) is 1. The number of carbonyl (C=O) groups excluding carboxylic acids is 2. The van der Waals surface area contributed by atoms with Crippen LogP contribution in [0.5, 0.6) is 5.75 Å². The van der Waals surface area contributed by atoms with Crippen LogP contribution >= 0.6 is 11.3 Å². The molecule has 2 aromatic rings. The fourth-order valence-corrected chi connectivity index (χ4v) is 2.67. The summed E-state index contributed by atoms with van der Waals surface area (Å²) in [7, 11) is 0. The van der Waals surface area contributed by atoms with Crippen LogP contribution < -0.4 is 10.1 Å². The molecule has 0 aliphatic heterocycles. The van der Waals surface area contributed by atoms with Gasteiger partial charge in [0, 0.05) is 4.88 Å². The van der Waals surface area contributed by atoms with E-state index in [4.69, 9.17) is 4.74 Å². The summed E-state index contributed by atoms with van der Waals surface area (Å²) >= 11 is 1.55. The lowest BCUT2D eigenvalue weighted by atomic mass is 10.1. The molecule has 1 aromatic carbocycles. The Bertz CT molecular complexity index is 670. The first-order valence-electron chi connectivity index (χ1n) is 6.73. The minimum absolute atomic E-state index is 0.114. The minimum atomic E-state index is -0.520. The molecule has 22 heavy (non-hydrogen) atoms. The average Bonchev–Trinajstić information content (AvgIpc) is 3.00. The minimum Gasteiger partial charge on any atom is -0.483 e. The molecule has 1 heterocycles. The molecule has 0 saturated heterocycles. The van der Waals surface area contributed by atoms with Crippen LogP contribution in [0, 0.1) is 5.82 Å². The van der Waals surface area contributed by atoms with Crippen molar-refractivity contribution >= 4 is 23.0 Å². The number of Topliss-reactive ketones (excluding diaryl/α,β-unsaturated/α-hetero) is 1. The highest BCUT2D eigenvalue weighted by Crippen LogP contribution is 2.21. The van der Waals surface area contributed by atoms with E-state index in [9.17, 15) is 14.0 Å². The highest BCUT2D eigenvalue weighted by molar-refractivity contribution is 7.10. The Kier molecular flexibility index (Phi) is 5.27. The highest BCUT2D eigenvalue weighted by Gasteiger charge is 2.14. The fraction of sp³-hybridized carbons (Fsp3) is 0.250. The molecule has 1 atom stereocenters. The van der Waals surface area contributed by atoms with Crippen LogP contribution in [0.2, 0.25) is 0 Å². The summed E-state index contributed by atoms with van der Waals surface area (Å²) in [5, 5.41) is 4.74. The van der Waals surface area contributed by atoms with Crippen molar-refractivity contribution in [3.05, 3.63) is 52.0 Å². The van der Waals surface area contributed by atoms with Crippen LogP contribution in [-0.2, 0) is 4.79 Å². The Labute approximate surface area is 131 Å². The first-order valence-corrected chi connectivity index (χ1v) is 7.61. The van der Waals surface area contributed by atoms with Crippen LogP contribution in [0.4, 0.5) is 4.39 Å². The Balaban J connectivity index is 1.95. The molecule has 0 radical (unpaired) electrons. The lowest BCUT2D eigenvalue weighted by molar-refractivity contribution is -0.123. The second kappa shape index (κ2) is 7.17. The van der Waals surface area contributed by atoms with Crippen LogP contribution in [0.15, 0.2) is 35.7 Å². The molecule has 0 bridgehead atoms. The smallest absolute Gasteiger partial charge is 0.258 e. The molecule has 1 amide bonds. The summed E-state index contributed by atoms with van der Waals surface area (Å²) < 4.78 is 18.5. The summed E-state index contributed by atoms with van der Waals surface area (Å²) in [5.41, 5.74) is 0.124. The summed E-state index contributed by atoms with van der Waals surface area (Å²) in [6, 6.07) is 7.37. The first kappa shape index (κ1) is 16.2. The SMILES string of the molecule is CC(=O)c1cc(F)ccc1OCC(=O)NC(C)c1cccs1. The van der Waals surface area contributed by atoms with Crippen LogP contribution in [0.25, 0.3) is 0 Å². The Morgan fingerprint density at radius 1 is 1.36 bits per heavy atom. The molecular weight excluding hydrogens is 305 g/mol. The van der Waals surface area contributed by atoms with Crippen molar-refractivity contribution in [2.24, 2.45) is 0 Å². The number of rotatable bonds is 6. The van der Waals surface area contributed by atoms with Crippen molar-refractivity contribution in [3.63, 3.8) is 0 Å². The number of benzene rings is 1. The van der Waals surface area contributed by atoms with Gasteiger partial charge in [0.1, 0.15) is 11.6 Å². The van der Waals surface area contributed by atoms with Crippen molar-refractivity contribution < 1.29 is 18.7 Å². The van der Waals surface area contributed by atoms with Crippen molar-refractivity contribution in [2.45, 2.75) is 19.9 Å². The van der Waals surface area contributed by atoms with E-state index < -0.39 is 5.82 Å². The molecule has 1 N–H and O–H groups in total. The molecule has 1 aromatic heterocycles. The predicted molar refractivity (Wildman–Crippen MR) is 82.8 cm³/mol. The van der Waals surface area contributed by atoms with Gasteiger partial charge in [0.25, 0.3) is 5.91 Å². The molecule has 0 aliphatic rings. The molecule has 2 rings (SSSR count). The van der Waals surface area contributed by atoms with E-state index in [-0.39, 0.29) is 35.7 Å². The molecular formula is C16H16FNO3S. The maximum atomic E-state index is 13.1. The van der Waals surface area contributed by atoms with E-state index in [0.717, 1.165) is 10.9 Å². The number of hydrogen-bond acceptors (Lipinski definition) is 4. The number of carbonyl (C=O) groups is 2. The third kappa shape index (κ3) is 4.14. The zero-order valence-electron chi connectivity index (χ0n) is 12.3. The molecule has 0 aliphatic carbocycles. The second-order valence-electron chi connectivity index (χ2n) is 4.79. The molecule has 0 saturated carbocycles. The maximum absolute atomic E-state index is 13.1. The van der Waals surface area contributed by atoms with Gasteiger partial charge < -0.3 is 10.1 Å². The largest absolute Gasteiger partial charge is 0.483 e. The number of halogens is 1. The molecule has 116 valence electrons. The summed E-state index contributed by atoms with van der Waals surface area (Å²) in [5.74, 6) is -0.942. The topological polar surface area (TPSA) is 55.4 Å². The zero-order chi connectivity index (χ0) is 16.1. The van der Waals surface area contributed by atoms with Crippen LogP contribution in [0.1, 0.15) is 35.1 Å². The molecule has 6 heteroatoms. The van der Waals surface area contributed by atoms with E-state index in [1.807, 2.05) is 24.4 Å². The van der Waals surface area contributed by atoms with Crippen molar-refractivity contribution in [3.8, 4) is 5.75 Å². The number of amides is 1. The molecule has 0 fully saturated rings. The van der Waals surface area contributed by atoms with Crippen molar-refractivity contribution in [2.75, 3.05) is 6.61 Å². The molecule has 0 spiro atoms. The van der Waals surface area contributed by atoms with Gasteiger partial charge in [0.2, 0.25) is 0 Å². The summed E-state index contributed by atoms with van der Waals surface area (Å²) in [6.07, 6.45) is 0. The van der Waals surface area contributed by atoms with Gasteiger partial charge in [-0.2, -0.15) is 0 Å². The van der Waals surface area contributed by atoms with Crippen molar-refractivity contribution in [1.29, 1.82) is 0 Å². The number of ketones is 1. The van der Waals surface area contributed by atoms with Gasteiger partial charge in [-0.15, -0.1) is 11.3 Å². The summed E-state index contributed by atoms with van der Waals surface area (Å²) in [4.78, 5) is 24.4. The fourth-order valence-electron chi connectivity index (χ4n) is 1.94. The van der Waals surface area contributed by atoms with E-state index in [1.54, 1.807) is 11.3 Å². The van der Waals surface area contributed by atoms with Crippen LogP contribution in [0.3, 0.4) is 0 Å². The maximum Gasteiger partial charge on any atom is 0.258 e. The van der Waals surface area contributed by atoms with Crippen molar-refractivity contribution in [1.82, 2.24) is 5.32 Å². The molecule has 1 unspecified atom stereocenters. The van der Waals surface area contributed by atoms with Crippen LogP contribution in [-0.4, -0.2) is 18.3 Å². The van der Waals surface area contributed by atoms with E-state index in [0.29, 0.717) is 0 Å². The van der Waals surface area contributed by atoms with Gasteiger partial charge in [-0.3, -0.25) is 9.59 Å². The highest BCUT2D eigenvalue weighted by atomic mass is 32.1. The Hall–Kier alpha value is -2.21. The lowest BCUT2D eigenvalue weighted by Crippen LogP contribution is -2.31. The monoisotopic (exact) mass is 321 g/mol. The zero-order valence-corrected chi connectivity index (χ0v) is 13.1. The van der Waals surface area contributed by atoms with E-state index >= 15 is 0 Å². The van der Waals surface area contributed by atoms with Gasteiger partial charge in [-0.05, 0) is 43.5 Å². The number of hydrogen-bond donors (Lipinski definition) is 1. The average molecular weight is 321 g/mol. The normalized spacial score (nSPS) is 11.8. The predicted octanol–water partition coefficient (Wildman–Crippen LogP) is 3.35. The molecule has 4 nitrogen and oxygen atoms in total. The summed E-state index contributed by atoms with van der Waals surface area (Å²) in [6.45, 7) is 2.96. The second-order valence-corrected chi connectivity index (χ2v) is 5.77. The number of ether oxygens (including phenoxy) is 1. The third-order valence-electron chi connectivity index (χ3n) is 3.03. The lowest BCUT2D eigenvalue weighted by Gasteiger charge is -2.14. The van der Waals surface area contributed by atoms with Gasteiger partial charge in [0.05, 0.1) is 11.6 Å². The Morgan fingerprint density at radius 3 is 2.77 bits per heavy atom. The Morgan fingerprint density at radius 2 is 2.14 bits per heavy atom.